The quantitative estimate of drug-likeness (QED) is 0.619. The summed E-state index contributed by atoms with van der Waals surface area (Å²) in [6.07, 6.45) is 0.690. The van der Waals surface area contributed by atoms with Gasteiger partial charge in [-0.05, 0) is 19.4 Å². The smallest absolute Gasteiger partial charge is 0.323 e. The summed E-state index contributed by atoms with van der Waals surface area (Å²) >= 11 is 16.4. The molecule has 90 valence electrons. The number of carbonyl (C=O) groups is 1. The van der Waals surface area contributed by atoms with Crippen molar-refractivity contribution >= 4 is 40.8 Å². The van der Waals surface area contributed by atoms with E-state index in [9.17, 15) is 4.79 Å². The highest BCUT2D eigenvalue weighted by Gasteiger charge is 2.25. The van der Waals surface area contributed by atoms with Gasteiger partial charge in [0.05, 0.1) is 0 Å². The van der Waals surface area contributed by atoms with Crippen molar-refractivity contribution in [1.29, 1.82) is 0 Å². The number of carbonyl (C=O) groups excluding carboxylic acids is 1. The number of hydrogen-bond acceptors (Lipinski definition) is 3. The lowest BCUT2D eigenvalue weighted by Gasteiger charge is -2.18. The average molecular weight is 277 g/mol. The van der Waals surface area contributed by atoms with Crippen molar-refractivity contribution in [2.75, 3.05) is 13.7 Å². The van der Waals surface area contributed by atoms with Crippen LogP contribution in [0, 0.1) is 5.92 Å². The van der Waals surface area contributed by atoms with Crippen LogP contribution in [0.2, 0.25) is 0 Å². The zero-order valence-electron chi connectivity index (χ0n) is 9.02. The Labute approximate surface area is 105 Å². The number of likely N-dealkylation sites (N-methyl/N-ethyl adjacent to an activating group) is 1. The molecule has 0 rings (SSSR count). The number of halogens is 3. The van der Waals surface area contributed by atoms with Gasteiger partial charge in [-0.1, -0.05) is 48.7 Å². The molecular weight excluding hydrogens is 260 g/mol. The van der Waals surface area contributed by atoms with Crippen molar-refractivity contribution in [2.45, 2.75) is 30.1 Å². The largest absolute Gasteiger partial charge is 0.460 e. The molecule has 0 fully saturated rings. The average Bonchev–Trinajstić information content (AvgIpc) is 2.08. The summed E-state index contributed by atoms with van der Waals surface area (Å²) in [4.78, 5) is 11.5. The standard InChI is InChI=1S/C9H16Cl3NO2/c1-6(2)4-7(13-3)8(14)15-5-9(10,11)12/h6-7,13H,4-5H2,1-3H3. The maximum atomic E-state index is 11.5. The highest BCUT2D eigenvalue weighted by atomic mass is 35.6. The molecular formula is C9H16Cl3NO2. The fraction of sp³-hybridized carbons (Fsp3) is 0.889. The predicted octanol–water partition coefficient (Wildman–Crippen LogP) is 2.53. The van der Waals surface area contributed by atoms with Crippen molar-refractivity contribution in [3.63, 3.8) is 0 Å². The Morgan fingerprint density at radius 3 is 2.27 bits per heavy atom. The molecule has 0 aliphatic carbocycles. The van der Waals surface area contributed by atoms with Crippen molar-refractivity contribution < 1.29 is 9.53 Å². The van der Waals surface area contributed by atoms with Gasteiger partial charge < -0.3 is 10.1 Å². The molecule has 1 unspecified atom stereocenters. The van der Waals surface area contributed by atoms with E-state index in [-0.39, 0.29) is 12.6 Å². The van der Waals surface area contributed by atoms with Crippen LogP contribution in [0.15, 0.2) is 0 Å². The number of rotatable bonds is 5. The molecule has 6 heteroatoms. The predicted molar refractivity (Wildman–Crippen MR) is 63.6 cm³/mol. The minimum absolute atomic E-state index is 0.229. The molecule has 0 aromatic carbocycles. The van der Waals surface area contributed by atoms with Crippen LogP contribution < -0.4 is 5.32 Å². The van der Waals surface area contributed by atoms with E-state index in [2.05, 4.69) is 5.32 Å². The lowest BCUT2D eigenvalue weighted by atomic mass is 10.0. The van der Waals surface area contributed by atoms with Crippen molar-refractivity contribution in [1.82, 2.24) is 5.32 Å². The van der Waals surface area contributed by atoms with Gasteiger partial charge in [0, 0.05) is 0 Å². The van der Waals surface area contributed by atoms with Crippen LogP contribution in [0.3, 0.4) is 0 Å². The van der Waals surface area contributed by atoms with E-state index in [0.717, 1.165) is 0 Å². The van der Waals surface area contributed by atoms with E-state index in [1.165, 1.54) is 0 Å². The number of alkyl halides is 3. The zero-order chi connectivity index (χ0) is 12.1. The Morgan fingerprint density at radius 2 is 1.93 bits per heavy atom. The van der Waals surface area contributed by atoms with Crippen molar-refractivity contribution in [2.24, 2.45) is 5.92 Å². The molecule has 0 aliphatic heterocycles. The third-order valence-corrected chi connectivity index (χ3v) is 2.05. The third kappa shape index (κ3) is 8.14. The molecule has 0 aromatic rings. The molecule has 0 saturated carbocycles. The molecule has 0 spiro atoms. The topological polar surface area (TPSA) is 38.3 Å². The second-order valence-corrected chi connectivity index (χ2v) is 6.21. The summed E-state index contributed by atoms with van der Waals surface area (Å²) < 4.78 is 3.31. The molecule has 0 bridgehead atoms. The Hall–Kier alpha value is 0.300. The van der Waals surface area contributed by atoms with Crippen LogP contribution in [0.5, 0.6) is 0 Å². The third-order valence-electron chi connectivity index (χ3n) is 1.72. The summed E-state index contributed by atoms with van der Waals surface area (Å²) in [5.41, 5.74) is 0. The van der Waals surface area contributed by atoms with Crippen LogP contribution >= 0.6 is 34.8 Å². The van der Waals surface area contributed by atoms with Crippen molar-refractivity contribution in [3.8, 4) is 0 Å². The lowest BCUT2D eigenvalue weighted by molar-refractivity contribution is -0.146. The lowest BCUT2D eigenvalue weighted by Crippen LogP contribution is -2.37. The molecule has 1 atom stereocenters. The maximum Gasteiger partial charge on any atom is 0.323 e. The summed E-state index contributed by atoms with van der Waals surface area (Å²) in [6, 6.07) is -0.350. The van der Waals surface area contributed by atoms with E-state index in [4.69, 9.17) is 39.5 Å². The van der Waals surface area contributed by atoms with Crippen LogP contribution in [0.4, 0.5) is 0 Å². The number of hydrogen-bond donors (Lipinski definition) is 1. The van der Waals surface area contributed by atoms with E-state index < -0.39 is 9.76 Å². The van der Waals surface area contributed by atoms with Gasteiger partial charge in [0.25, 0.3) is 0 Å². The van der Waals surface area contributed by atoms with Gasteiger partial charge in [-0.25, -0.2) is 0 Å². The first-order valence-electron chi connectivity index (χ1n) is 4.67. The number of ether oxygens (including phenoxy) is 1. The molecule has 15 heavy (non-hydrogen) atoms. The summed E-state index contributed by atoms with van der Waals surface area (Å²) in [5, 5.41) is 2.87. The molecule has 0 aromatic heterocycles. The monoisotopic (exact) mass is 275 g/mol. The molecule has 0 aliphatic rings. The van der Waals surface area contributed by atoms with Gasteiger partial charge in [0.15, 0.2) is 0 Å². The van der Waals surface area contributed by atoms with Gasteiger partial charge in [-0.15, -0.1) is 0 Å². The van der Waals surface area contributed by atoms with Gasteiger partial charge in [-0.3, -0.25) is 4.79 Å². The molecule has 1 N–H and O–H groups in total. The fourth-order valence-electron chi connectivity index (χ4n) is 1.06. The first kappa shape index (κ1) is 15.3. The SMILES string of the molecule is CNC(CC(C)C)C(=O)OCC(Cl)(Cl)Cl. The summed E-state index contributed by atoms with van der Waals surface area (Å²) in [7, 11) is 1.70. The molecule has 0 saturated heterocycles. The van der Waals surface area contributed by atoms with E-state index in [1.54, 1.807) is 7.05 Å². The fourth-order valence-corrected chi connectivity index (χ4v) is 1.22. The molecule has 0 amide bonds. The Bertz CT molecular complexity index is 204. The maximum absolute atomic E-state index is 11.5. The Kier molecular flexibility index (Phi) is 6.93. The van der Waals surface area contributed by atoms with Gasteiger partial charge >= 0.3 is 5.97 Å². The van der Waals surface area contributed by atoms with Crippen molar-refractivity contribution in [3.05, 3.63) is 0 Å². The van der Waals surface area contributed by atoms with Gasteiger partial charge in [-0.2, -0.15) is 0 Å². The highest BCUT2D eigenvalue weighted by Crippen LogP contribution is 2.26. The first-order chi connectivity index (χ1) is 6.76. The summed E-state index contributed by atoms with van der Waals surface area (Å²) in [5.74, 6) is 0.000265. The Balaban J connectivity index is 4.05. The van der Waals surface area contributed by atoms with Gasteiger partial charge in [0.1, 0.15) is 12.6 Å². The van der Waals surface area contributed by atoms with Gasteiger partial charge in [0.2, 0.25) is 3.79 Å². The second kappa shape index (κ2) is 6.79. The van der Waals surface area contributed by atoms with E-state index >= 15 is 0 Å². The van der Waals surface area contributed by atoms with Crippen LogP contribution in [-0.2, 0) is 9.53 Å². The number of nitrogens with one attached hydrogen (secondary N) is 1. The van der Waals surface area contributed by atoms with E-state index in [0.29, 0.717) is 12.3 Å². The minimum atomic E-state index is -1.55. The zero-order valence-corrected chi connectivity index (χ0v) is 11.3. The summed E-state index contributed by atoms with van der Waals surface area (Å²) in [6.45, 7) is 3.81. The van der Waals surface area contributed by atoms with Crippen LogP contribution in [0.1, 0.15) is 20.3 Å². The molecule has 3 nitrogen and oxygen atoms in total. The number of esters is 1. The van der Waals surface area contributed by atoms with Crippen LogP contribution in [-0.4, -0.2) is 29.5 Å². The second-order valence-electron chi connectivity index (χ2n) is 3.69. The minimum Gasteiger partial charge on any atom is -0.460 e. The first-order valence-corrected chi connectivity index (χ1v) is 5.80. The molecule has 0 radical (unpaired) electrons. The highest BCUT2D eigenvalue weighted by molar-refractivity contribution is 6.67. The molecule has 0 heterocycles. The normalized spacial score (nSPS) is 14.1. The Morgan fingerprint density at radius 1 is 1.40 bits per heavy atom. The van der Waals surface area contributed by atoms with E-state index in [1.807, 2.05) is 13.8 Å². The van der Waals surface area contributed by atoms with Crippen LogP contribution in [0.25, 0.3) is 0 Å².